The van der Waals surface area contributed by atoms with Gasteiger partial charge in [0.25, 0.3) is 0 Å². The Bertz CT molecular complexity index is 773. The van der Waals surface area contributed by atoms with Crippen LogP contribution in [0.3, 0.4) is 0 Å². The number of halogens is 1. The van der Waals surface area contributed by atoms with Crippen molar-refractivity contribution < 1.29 is 28.9 Å². The largest absolute Gasteiger partial charge is 0.495 e. The molecule has 1 heterocycles. The number of carboxylic acid groups (broad SMARTS) is 2. The Hall–Kier alpha value is -2.96. The maximum Gasteiger partial charge on any atom is 0.336 e. The average molecular weight is 305 g/mol. The minimum absolute atomic E-state index is 0.0406. The normalized spacial score (nSPS) is 10.3. The molecule has 0 radical (unpaired) electrons. The van der Waals surface area contributed by atoms with Crippen LogP contribution in [0.2, 0.25) is 0 Å². The molecule has 6 nitrogen and oxygen atoms in total. The van der Waals surface area contributed by atoms with E-state index in [1.807, 2.05) is 0 Å². The van der Waals surface area contributed by atoms with Gasteiger partial charge >= 0.3 is 11.9 Å². The van der Waals surface area contributed by atoms with Crippen molar-refractivity contribution in [1.29, 1.82) is 0 Å². The van der Waals surface area contributed by atoms with E-state index in [9.17, 15) is 19.1 Å². The first-order chi connectivity index (χ1) is 10.3. The Balaban J connectivity index is 2.77. The summed E-state index contributed by atoms with van der Waals surface area (Å²) in [5, 5.41) is 18.3. The highest BCUT2D eigenvalue weighted by atomic mass is 19.1. The van der Waals surface area contributed by atoms with Crippen molar-refractivity contribution >= 4 is 11.9 Å². The number of rotatable bonds is 4. The van der Waals surface area contributed by atoms with E-state index in [0.717, 1.165) is 12.3 Å². The Kier molecular flexibility index (Phi) is 4.07. The lowest BCUT2D eigenvalue weighted by molar-refractivity contribution is 0.0695. The van der Waals surface area contributed by atoms with E-state index in [1.165, 1.54) is 26.2 Å². The van der Waals surface area contributed by atoms with Gasteiger partial charge in [0, 0.05) is 11.1 Å². The predicted octanol–water partition coefficient (Wildman–Crippen LogP) is 2.60. The summed E-state index contributed by atoms with van der Waals surface area (Å²) < 4.78 is 18.9. The number of pyridine rings is 1. The summed E-state index contributed by atoms with van der Waals surface area (Å²) in [6.07, 6.45) is 1.16. The van der Waals surface area contributed by atoms with Crippen molar-refractivity contribution in [2.75, 3.05) is 7.11 Å². The molecule has 7 heteroatoms. The quantitative estimate of drug-likeness (QED) is 0.843. The van der Waals surface area contributed by atoms with Crippen molar-refractivity contribution in [3.8, 4) is 16.9 Å². The monoisotopic (exact) mass is 305 g/mol. The van der Waals surface area contributed by atoms with Gasteiger partial charge in [-0.3, -0.25) is 0 Å². The predicted molar refractivity (Wildman–Crippen MR) is 74.8 cm³/mol. The molecule has 2 aromatic rings. The molecule has 0 aliphatic rings. The van der Waals surface area contributed by atoms with E-state index in [2.05, 4.69) is 4.98 Å². The smallest absolute Gasteiger partial charge is 0.336 e. The molecule has 114 valence electrons. The van der Waals surface area contributed by atoms with E-state index in [-0.39, 0.29) is 28.0 Å². The topological polar surface area (TPSA) is 96.7 Å². The highest BCUT2D eigenvalue weighted by molar-refractivity contribution is 6.00. The van der Waals surface area contributed by atoms with Crippen molar-refractivity contribution in [2.24, 2.45) is 0 Å². The van der Waals surface area contributed by atoms with Crippen LogP contribution < -0.4 is 4.74 Å². The number of hydrogen-bond acceptors (Lipinski definition) is 4. The standard InChI is InChI=1S/C15H12FNO5/c1-7-3-10(11-4-8(22-2)6-17-13(11)16)12(15(20)21)5-9(7)14(18)19/h3-6H,1-2H3,(H,18,19)(H,20,21). The summed E-state index contributed by atoms with van der Waals surface area (Å²) in [7, 11) is 1.37. The van der Waals surface area contributed by atoms with Gasteiger partial charge in [0.15, 0.2) is 0 Å². The maximum atomic E-state index is 13.9. The minimum atomic E-state index is -1.36. The highest BCUT2D eigenvalue weighted by Gasteiger charge is 2.20. The molecule has 0 saturated carbocycles. The van der Waals surface area contributed by atoms with Crippen molar-refractivity contribution in [2.45, 2.75) is 6.92 Å². The molecular weight excluding hydrogens is 293 g/mol. The maximum absolute atomic E-state index is 13.9. The van der Waals surface area contributed by atoms with Crippen LogP contribution in [0.25, 0.3) is 11.1 Å². The summed E-state index contributed by atoms with van der Waals surface area (Å²) in [5.74, 6) is -3.23. The molecule has 0 aliphatic heterocycles. The Morgan fingerprint density at radius 2 is 1.73 bits per heavy atom. The summed E-state index contributed by atoms with van der Waals surface area (Å²) >= 11 is 0. The van der Waals surface area contributed by atoms with Gasteiger partial charge < -0.3 is 14.9 Å². The van der Waals surface area contributed by atoms with E-state index in [4.69, 9.17) is 9.84 Å². The fourth-order valence-corrected chi connectivity index (χ4v) is 2.07. The third-order valence-corrected chi connectivity index (χ3v) is 3.17. The number of ether oxygens (including phenoxy) is 1. The number of carbonyl (C=O) groups is 2. The van der Waals surface area contributed by atoms with Gasteiger partial charge in [-0.05, 0) is 30.7 Å². The van der Waals surface area contributed by atoms with Crippen LogP contribution in [0.5, 0.6) is 5.75 Å². The van der Waals surface area contributed by atoms with Crippen LogP contribution in [0, 0.1) is 12.9 Å². The second kappa shape index (κ2) is 5.80. The molecule has 0 spiro atoms. The number of aromatic carboxylic acids is 2. The van der Waals surface area contributed by atoms with Crippen LogP contribution in [0.1, 0.15) is 26.3 Å². The van der Waals surface area contributed by atoms with Crippen molar-refractivity contribution in [1.82, 2.24) is 4.98 Å². The molecular formula is C15H12FNO5. The Morgan fingerprint density at radius 3 is 2.27 bits per heavy atom. The second-order valence-electron chi connectivity index (χ2n) is 4.54. The van der Waals surface area contributed by atoms with Crippen molar-refractivity contribution in [3.63, 3.8) is 0 Å². The molecule has 0 aliphatic carbocycles. The molecule has 0 amide bonds. The highest BCUT2D eigenvalue weighted by Crippen LogP contribution is 2.31. The van der Waals surface area contributed by atoms with Gasteiger partial charge in [0.2, 0.25) is 5.95 Å². The molecule has 1 aromatic carbocycles. The number of aryl methyl sites for hydroxylation is 1. The summed E-state index contributed by atoms with van der Waals surface area (Å²) in [4.78, 5) is 26.0. The van der Waals surface area contributed by atoms with Crippen LogP contribution >= 0.6 is 0 Å². The van der Waals surface area contributed by atoms with E-state index < -0.39 is 17.9 Å². The number of hydrogen-bond donors (Lipinski definition) is 2. The molecule has 1 aromatic heterocycles. The van der Waals surface area contributed by atoms with Gasteiger partial charge in [-0.1, -0.05) is 0 Å². The van der Waals surface area contributed by atoms with Gasteiger partial charge in [-0.2, -0.15) is 4.39 Å². The van der Waals surface area contributed by atoms with Gasteiger partial charge in [0.1, 0.15) is 5.75 Å². The van der Waals surface area contributed by atoms with Crippen LogP contribution in [-0.2, 0) is 0 Å². The number of carboxylic acids is 2. The number of methoxy groups -OCH3 is 1. The zero-order valence-electron chi connectivity index (χ0n) is 11.8. The molecule has 22 heavy (non-hydrogen) atoms. The number of aromatic nitrogens is 1. The first-order valence-electron chi connectivity index (χ1n) is 6.16. The van der Waals surface area contributed by atoms with Crippen LogP contribution in [-0.4, -0.2) is 34.2 Å². The summed E-state index contributed by atoms with van der Waals surface area (Å²) in [6, 6.07) is 3.63. The van der Waals surface area contributed by atoms with Gasteiger partial charge in [-0.15, -0.1) is 0 Å². The first kappa shape index (κ1) is 15.4. The molecule has 0 saturated heterocycles. The lowest BCUT2D eigenvalue weighted by Gasteiger charge is -2.11. The summed E-state index contributed by atoms with van der Waals surface area (Å²) in [6.45, 7) is 1.50. The fourth-order valence-electron chi connectivity index (χ4n) is 2.07. The minimum Gasteiger partial charge on any atom is -0.495 e. The zero-order chi connectivity index (χ0) is 16.4. The summed E-state index contributed by atoms with van der Waals surface area (Å²) in [5.41, 5.74) is -0.195. The third kappa shape index (κ3) is 2.73. The molecule has 0 fully saturated rings. The fraction of sp³-hybridized carbons (Fsp3) is 0.133. The molecule has 2 rings (SSSR count). The van der Waals surface area contributed by atoms with Crippen molar-refractivity contribution in [3.05, 3.63) is 47.0 Å². The van der Waals surface area contributed by atoms with E-state index >= 15 is 0 Å². The molecule has 0 atom stereocenters. The number of benzene rings is 1. The first-order valence-corrected chi connectivity index (χ1v) is 6.16. The second-order valence-corrected chi connectivity index (χ2v) is 4.54. The molecule has 2 N–H and O–H groups in total. The van der Waals surface area contributed by atoms with E-state index in [0.29, 0.717) is 5.56 Å². The number of nitrogens with zero attached hydrogens (tertiary/aromatic N) is 1. The average Bonchev–Trinajstić information content (AvgIpc) is 2.46. The zero-order valence-corrected chi connectivity index (χ0v) is 11.8. The van der Waals surface area contributed by atoms with Crippen LogP contribution in [0.4, 0.5) is 4.39 Å². The lowest BCUT2D eigenvalue weighted by atomic mass is 9.94. The Labute approximate surface area is 124 Å². The SMILES string of the molecule is COc1cnc(F)c(-c2cc(C)c(C(=O)O)cc2C(=O)O)c1. The molecule has 0 unspecified atom stereocenters. The van der Waals surface area contributed by atoms with Gasteiger partial charge in [0.05, 0.1) is 24.4 Å². The third-order valence-electron chi connectivity index (χ3n) is 3.17. The van der Waals surface area contributed by atoms with E-state index in [1.54, 1.807) is 0 Å². The molecule has 0 bridgehead atoms. The Morgan fingerprint density at radius 1 is 1.09 bits per heavy atom. The lowest BCUT2D eigenvalue weighted by Crippen LogP contribution is -2.07. The van der Waals surface area contributed by atoms with Crippen LogP contribution in [0.15, 0.2) is 24.4 Å². The van der Waals surface area contributed by atoms with Gasteiger partial charge in [-0.25, -0.2) is 14.6 Å².